The van der Waals surface area contributed by atoms with E-state index in [0.717, 1.165) is 96.2 Å². The van der Waals surface area contributed by atoms with Gasteiger partial charge in [-0.25, -0.2) is 19.7 Å². The number of hydrogen-bond donors (Lipinski definition) is 3. The third-order valence-corrected chi connectivity index (χ3v) is 10.9. The van der Waals surface area contributed by atoms with E-state index in [2.05, 4.69) is 91.1 Å². The molecular formula is C40H44N8O4. The van der Waals surface area contributed by atoms with Crippen LogP contribution in [-0.4, -0.2) is 82.8 Å². The number of H-pyrrole nitrogens is 1. The van der Waals surface area contributed by atoms with Crippen molar-refractivity contribution in [2.45, 2.75) is 44.7 Å². The third kappa shape index (κ3) is 6.32. The number of imidazole rings is 1. The van der Waals surface area contributed by atoms with Gasteiger partial charge in [-0.15, -0.1) is 0 Å². The van der Waals surface area contributed by atoms with Gasteiger partial charge in [0, 0.05) is 48.2 Å². The van der Waals surface area contributed by atoms with E-state index < -0.39 is 17.7 Å². The van der Waals surface area contributed by atoms with Crippen LogP contribution < -0.4 is 15.5 Å². The van der Waals surface area contributed by atoms with E-state index in [9.17, 15) is 9.59 Å². The predicted molar refractivity (Wildman–Crippen MR) is 200 cm³/mol. The molecule has 2 amide bonds. The van der Waals surface area contributed by atoms with Crippen molar-refractivity contribution in [1.82, 2.24) is 30.2 Å². The third-order valence-electron chi connectivity index (χ3n) is 10.9. The van der Waals surface area contributed by atoms with Crippen LogP contribution in [0, 0.1) is 11.8 Å². The Hall–Kier alpha value is -5.49. The number of nitrogens with zero attached hydrogens (tertiary/aromatic N) is 5. The lowest BCUT2D eigenvalue weighted by Gasteiger charge is -2.40. The molecule has 268 valence electrons. The van der Waals surface area contributed by atoms with E-state index in [1.165, 1.54) is 12.8 Å². The Bertz CT molecular complexity index is 2080. The first-order valence-electron chi connectivity index (χ1n) is 18.1. The van der Waals surface area contributed by atoms with E-state index in [1.54, 1.807) is 6.33 Å². The monoisotopic (exact) mass is 700 g/mol. The number of aromatic nitrogens is 4. The molecule has 0 spiro atoms. The number of alkyl carbamates (subject to hydrolysis) is 1. The van der Waals surface area contributed by atoms with Crippen molar-refractivity contribution in [2.24, 2.45) is 11.8 Å². The van der Waals surface area contributed by atoms with E-state index in [4.69, 9.17) is 14.5 Å². The number of amides is 2. The molecule has 3 atom stereocenters. The summed E-state index contributed by atoms with van der Waals surface area (Å²) >= 11 is 0. The van der Waals surface area contributed by atoms with Crippen LogP contribution in [0.25, 0.3) is 33.3 Å². The Labute approximate surface area is 303 Å². The van der Waals surface area contributed by atoms with Gasteiger partial charge in [-0.05, 0) is 78.6 Å². The molecule has 2 saturated heterocycles. The van der Waals surface area contributed by atoms with Crippen molar-refractivity contribution in [1.29, 1.82) is 0 Å². The number of anilines is 3. The molecule has 3 N–H and O–H groups in total. The van der Waals surface area contributed by atoms with Gasteiger partial charge in [-0.1, -0.05) is 44.2 Å². The minimum atomic E-state index is -0.675. The minimum Gasteiger partial charge on any atom is -0.453 e. The van der Waals surface area contributed by atoms with Crippen molar-refractivity contribution in [3.8, 4) is 22.4 Å². The van der Waals surface area contributed by atoms with Gasteiger partial charge < -0.3 is 34.9 Å². The quantitative estimate of drug-likeness (QED) is 0.158. The Morgan fingerprint density at radius 2 is 1.73 bits per heavy atom. The molecule has 0 radical (unpaired) electrons. The summed E-state index contributed by atoms with van der Waals surface area (Å²) in [6.07, 6.45) is 5.65. The molecule has 8 rings (SSSR count). The molecule has 3 aliphatic rings. The average molecular weight is 701 g/mol. The van der Waals surface area contributed by atoms with Gasteiger partial charge in [-0.3, -0.25) is 4.79 Å². The van der Waals surface area contributed by atoms with Crippen LogP contribution in [0.5, 0.6) is 0 Å². The number of methoxy groups -OCH3 is 1. The van der Waals surface area contributed by atoms with Crippen molar-refractivity contribution in [3.05, 3.63) is 85.1 Å². The van der Waals surface area contributed by atoms with Crippen molar-refractivity contribution in [3.63, 3.8) is 0 Å². The largest absolute Gasteiger partial charge is 0.453 e. The smallest absolute Gasteiger partial charge is 0.407 e. The Balaban J connectivity index is 1.00. The van der Waals surface area contributed by atoms with E-state index in [0.29, 0.717) is 12.5 Å². The fraction of sp³-hybridized carbons (Fsp3) is 0.375. The van der Waals surface area contributed by atoms with Gasteiger partial charge in [0.25, 0.3) is 0 Å². The fourth-order valence-electron chi connectivity index (χ4n) is 8.06. The maximum absolute atomic E-state index is 13.9. The summed E-state index contributed by atoms with van der Waals surface area (Å²) in [4.78, 5) is 47.9. The van der Waals surface area contributed by atoms with E-state index in [1.807, 2.05) is 31.0 Å². The lowest BCUT2D eigenvalue weighted by Crippen LogP contribution is -2.56. The molecule has 2 aromatic heterocycles. The first-order chi connectivity index (χ1) is 25.3. The molecule has 0 unspecified atom stereocenters. The summed E-state index contributed by atoms with van der Waals surface area (Å²) in [6.45, 7) is 7.83. The number of carbonyl (C=O) groups is 2. The second-order valence-corrected chi connectivity index (χ2v) is 14.4. The molecule has 2 aliphatic heterocycles. The van der Waals surface area contributed by atoms with Crippen LogP contribution in [0.1, 0.15) is 38.9 Å². The summed E-state index contributed by atoms with van der Waals surface area (Å²) in [5, 5.41) is 7.19. The highest BCUT2D eigenvalue weighted by molar-refractivity contribution is 5.94. The number of morpholine rings is 1. The first-order valence-corrected chi connectivity index (χ1v) is 18.1. The van der Waals surface area contributed by atoms with Crippen LogP contribution in [0.3, 0.4) is 0 Å². The van der Waals surface area contributed by atoms with Gasteiger partial charge in [0.2, 0.25) is 5.91 Å². The predicted octanol–water partition coefficient (Wildman–Crippen LogP) is 6.49. The zero-order valence-corrected chi connectivity index (χ0v) is 29.8. The van der Waals surface area contributed by atoms with Crippen molar-refractivity contribution in [2.75, 3.05) is 50.2 Å². The number of likely N-dealkylation sites (tertiary alicyclic amines) is 1. The van der Waals surface area contributed by atoms with Crippen LogP contribution in [0.4, 0.5) is 22.0 Å². The Kier molecular flexibility index (Phi) is 9.00. The minimum absolute atomic E-state index is 0.0919. The number of aromatic amines is 1. The van der Waals surface area contributed by atoms with Gasteiger partial charge in [0.15, 0.2) is 0 Å². The van der Waals surface area contributed by atoms with Crippen LogP contribution in [0.2, 0.25) is 0 Å². The summed E-state index contributed by atoms with van der Waals surface area (Å²) in [5.74, 6) is 1.77. The number of fused-ring (bicyclic) bond motifs is 3. The molecule has 3 aromatic carbocycles. The molecule has 12 heteroatoms. The summed E-state index contributed by atoms with van der Waals surface area (Å²) < 4.78 is 10.3. The van der Waals surface area contributed by atoms with Gasteiger partial charge in [-0.2, -0.15) is 0 Å². The number of piperidine rings is 1. The first kappa shape index (κ1) is 33.6. The number of ether oxygens (including phenoxy) is 2. The van der Waals surface area contributed by atoms with Gasteiger partial charge in [0.05, 0.1) is 31.5 Å². The molecule has 3 fully saturated rings. The van der Waals surface area contributed by atoms with Crippen molar-refractivity contribution < 1.29 is 19.1 Å². The topological polar surface area (TPSA) is 138 Å². The molecule has 4 heterocycles. The molecule has 12 nitrogen and oxygen atoms in total. The summed E-state index contributed by atoms with van der Waals surface area (Å²) in [7, 11) is 1.31. The van der Waals surface area contributed by atoms with Crippen LogP contribution in [-0.2, 0) is 19.8 Å². The van der Waals surface area contributed by atoms with E-state index >= 15 is 0 Å². The van der Waals surface area contributed by atoms with Crippen molar-refractivity contribution >= 4 is 40.1 Å². The summed E-state index contributed by atoms with van der Waals surface area (Å²) in [6, 6.07) is 22.4. The number of rotatable bonds is 9. The summed E-state index contributed by atoms with van der Waals surface area (Å²) in [5.41, 5.74) is 6.41. The lowest BCUT2D eigenvalue weighted by molar-refractivity contribution is -0.140. The van der Waals surface area contributed by atoms with E-state index in [-0.39, 0.29) is 11.8 Å². The number of benzene rings is 3. The number of carbonyl (C=O) groups excluding carboxylic acids is 2. The molecule has 5 aromatic rings. The standard InChI is InChI=1S/C40H44N8O4/c1-25(2)35(46-39(50)51-3)37(49)48-23-26-14-15-40(48,21-26)38-41-22-34(45-38)28-6-4-27(5-7-28)29-8-13-33-32(20-29)36(43-24-42-33)44-30-9-11-31(12-10-30)47-16-18-52-19-17-47/h4-13,20,22,24-26,35H,14-19,21,23H2,1-3H3,(H,41,45)(H,46,50)(H,42,43,44)/t26-,35+,40+/m1/s1. The second-order valence-electron chi connectivity index (χ2n) is 14.4. The highest BCUT2D eigenvalue weighted by Crippen LogP contribution is 2.52. The highest BCUT2D eigenvalue weighted by atomic mass is 16.5. The van der Waals surface area contributed by atoms with Crippen LogP contribution >= 0.6 is 0 Å². The zero-order valence-electron chi connectivity index (χ0n) is 29.8. The maximum atomic E-state index is 13.9. The normalized spacial score (nSPS) is 20.3. The molecular weight excluding hydrogens is 656 g/mol. The number of nitrogens with one attached hydrogen (secondary N) is 3. The number of hydrogen-bond acceptors (Lipinski definition) is 9. The SMILES string of the molecule is COC(=O)N[C@H](C(=O)N1C[C@@H]2CC[C@@]1(c1nc(-c3ccc(-c4ccc5ncnc(Nc6ccc(N7CCOCC7)cc6)c5c4)cc3)c[nH]1)C2)C(C)C. The van der Waals surface area contributed by atoms with Crippen LogP contribution in [0.15, 0.2) is 79.3 Å². The van der Waals surface area contributed by atoms with Gasteiger partial charge in [0.1, 0.15) is 29.6 Å². The molecule has 52 heavy (non-hydrogen) atoms. The maximum Gasteiger partial charge on any atom is 0.407 e. The van der Waals surface area contributed by atoms with Gasteiger partial charge >= 0.3 is 6.09 Å². The average Bonchev–Trinajstić information content (AvgIpc) is 3.94. The lowest BCUT2D eigenvalue weighted by atomic mass is 9.93. The Morgan fingerprint density at radius 3 is 2.46 bits per heavy atom. The highest BCUT2D eigenvalue weighted by Gasteiger charge is 2.56. The fourth-order valence-corrected chi connectivity index (χ4v) is 8.06. The molecule has 1 saturated carbocycles. The Morgan fingerprint density at radius 1 is 0.981 bits per heavy atom. The molecule has 1 aliphatic carbocycles. The second kappa shape index (κ2) is 13.9. The zero-order chi connectivity index (χ0) is 35.8. The molecule has 2 bridgehead atoms.